The van der Waals surface area contributed by atoms with Gasteiger partial charge in [0.2, 0.25) is 0 Å². The zero-order valence-electron chi connectivity index (χ0n) is 10.5. The highest BCUT2D eigenvalue weighted by molar-refractivity contribution is 5.33. The van der Waals surface area contributed by atoms with Crippen LogP contribution in [0.3, 0.4) is 0 Å². The van der Waals surface area contributed by atoms with Gasteiger partial charge in [-0.25, -0.2) is 0 Å². The zero-order valence-corrected chi connectivity index (χ0v) is 10.5. The molecule has 88 valence electrons. The van der Waals surface area contributed by atoms with Crippen LogP contribution in [0.25, 0.3) is 0 Å². The van der Waals surface area contributed by atoms with Crippen LogP contribution in [0.15, 0.2) is 23.8 Å². The third-order valence-corrected chi connectivity index (χ3v) is 5.62. The number of allylic oxidation sites excluding steroid dienone is 3. The number of rotatable bonds is 0. The average molecular weight is 218 g/mol. The first-order valence-electron chi connectivity index (χ1n) is 6.48. The van der Waals surface area contributed by atoms with Crippen LogP contribution in [-0.4, -0.2) is 11.2 Å². The Bertz CT molecular complexity index is 377. The second-order valence-corrected chi connectivity index (χ2v) is 6.60. The van der Waals surface area contributed by atoms with Gasteiger partial charge in [-0.2, -0.15) is 0 Å². The van der Waals surface area contributed by atoms with Gasteiger partial charge in [0, 0.05) is 0 Å². The second-order valence-electron chi connectivity index (χ2n) is 6.60. The summed E-state index contributed by atoms with van der Waals surface area (Å²) in [6.45, 7) is 11.1. The number of aliphatic hydroxyl groups excluding tert-OH is 1. The summed E-state index contributed by atoms with van der Waals surface area (Å²) in [5.74, 6) is 2.48. The van der Waals surface area contributed by atoms with Crippen molar-refractivity contribution in [3.05, 3.63) is 23.8 Å². The van der Waals surface area contributed by atoms with E-state index in [9.17, 15) is 5.11 Å². The number of aliphatic hydroxyl groups is 1. The van der Waals surface area contributed by atoms with E-state index in [1.54, 1.807) is 5.57 Å². The molecule has 0 aromatic carbocycles. The summed E-state index contributed by atoms with van der Waals surface area (Å²) in [6, 6.07) is 0. The van der Waals surface area contributed by atoms with Gasteiger partial charge in [0.25, 0.3) is 0 Å². The molecule has 2 saturated carbocycles. The lowest BCUT2D eigenvalue weighted by Gasteiger charge is -2.48. The molecule has 3 aliphatic carbocycles. The molecule has 0 radical (unpaired) electrons. The van der Waals surface area contributed by atoms with E-state index in [1.807, 2.05) is 0 Å². The number of hydrogen-bond donors (Lipinski definition) is 1. The standard InChI is InChI=1S/C15H22O/c1-8-5-6-10-9(2)11-7-12(16)15(3,4)14(10)13(8)11/h5,10-14,16H,2,6-7H2,1,3-4H3/t10-,11-,12+,13+,14+/m0/s1. The highest BCUT2D eigenvalue weighted by atomic mass is 16.3. The third kappa shape index (κ3) is 1.05. The smallest absolute Gasteiger partial charge is 0.0600 e. The molecule has 0 spiro atoms. The summed E-state index contributed by atoms with van der Waals surface area (Å²) >= 11 is 0. The van der Waals surface area contributed by atoms with E-state index in [4.69, 9.17) is 0 Å². The minimum absolute atomic E-state index is 0.0563. The topological polar surface area (TPSA) is 20.2 Å². The van der Waals surface area contributed by atoms with Crippen molar-refractivity contribution in [2.75, 3.05) is 0 Å². The van der Waals surface area contributed by atoms with Crippen molar-refractivity contribution in [2.24, 2.45) is 29.1 Å². The fourth-order valence-corrected chi connectivity index (χ4v) is 4.63. The molecule has 5 atom stereocenters. The van der Waals surface area contributed by atoms with Gasteiger partial charge < -0.3 is 5.11 Å². The molecule has 0 amide bonds. The fourth-order valence-electron chi connectivity index (χ4n) is 4.63. The Morgan fingerprint density at radius 3 is 2.75 bits per heavy atom. The van der Waals surface area contributed by atoms with Crippen LogP contribution < -0.4 is 0 Å². The molecule has 0 heterocycles. The van der Waals surface area contributed by atoms with Gasteiger partial charge in [0.05, 0.1) is 6.10 Å². The van der Waals surface area contributed by atoms with Crippen molar-refractivity contribution in [2.45, 2.75) is 39.7 Å². The van der Waals surface area contributed by atoms with E-state index in [2.05, 4.69) is 33.4 Å². The molecule has 0 aliphatic heterocycles. The van der Waals surface area contributed by atoms with E-state index in [-0.39, 0.29) is 11.5 Å². The van der Waals surface area contributed by atoms with Crippen LogP contribution >= 0.6 is 0 Å². The lowest BCUT2D eigenvalue weighted by molar-refractivity contribution is -0.0595. The molecule has 0 saturated heterocycles. The van der Waals surface area contributed by atoms with Gasteiger partial charge in [-0.1, -0.05) is 37.6 Å². The summed E-state index contributed by atoms with van der Waals surface area (Å²) in [7, 11) is 0. The van der Waals surface area contributed by atoms with Crippen molar-refractivity contribution < 1.29 is 5.11 Å². The number of hydrogen-bond acceptors (Lipinski definition) is 1. The molecule has 3 aliphatic rings. The Kier molecular flexibility index (Phi) is 1.99. The highest BCUT2D eigenvalue weighted by Crippen LogP contribution is 2.64. The van der Waals surface area contributed by atoms with E-state index >= 15 is 0 Å². The van der Waals surface area contributed by atoms with Crippen LogP contribution in [-0.2, 0) is 0 Å². The van der Waals surface area contributed by atoms with Gasteiger partial charge in [-0.15, -0.1) is 0 Å². The lowest BCUT2D eigenvalue weighted by Crippen LogP contribution is -2.47. The SMILES string of the molecule is C=C1[C@@H]2C[C@@H](O)C(C)(C)[C@H]3[C@@H]2C(C)=CC[C@@H]13. The Morgan fingerprint density at radius 1 is 1.38 bits per heavy atom. The molecular formula is C15H22O. The first kappa shape index (κ1) is 10.6. The fraction of sp³-hybridized carbons (Fsp3) is 0.733. The van der Waals surface area contributed by atoms with Crippen LogP contribution in [0, 0.1) is 29.1 Å². The first-order chi connectivity index (χ1) is 7.44. The molecule has 1 nitrogen and oxygen atoms in total. The monoisotopic (exact) mass is 218 g/mol. The van der Waals surface area contributed by atoms with Gasteiger partial charge in [-0.3, -0.25) is 0 Å². The van der Waals surface area contributed by atoms with Crippen molar-refractivity contribution in [3.63, 3.8) is 0 Å². The summed E-state index contributed by atoms with van der Waals surface area (Å²) < 4.78 is 0. The van der Waals surface area contributed by atoms with Gasteiger partial charge in [0.1, 0.15) is 0 Å². The van der Waals surface area contributed by atoms with Crippen molar-refractivity contribution in [1.82, 2.24) is 0 Å². The molecule has 0 aromatic heterocycles. The quantitative estimate of drug-likeness (QED) is 0.619. The Labute approximate surface area is 98.2 Å². The van der Waals surface area contributed by atoms with Crippen molar-refractivity contribution >= 4 is 0 Å². The molecule has 0 aromatic rings. The maximum atomic E-state index is 10.3. The maximum absolute atomic E-state index is 10.3. The van der Waals surface area contributed by atoms with Gasteiger partial charge in [0.15, 0.2) is 0 Å². The Morgan fingerprint density at radius 2 is 2.06 bits per heavy atom. The Balaban J connectivity index is 2.12. The van der Waals surface area contributed by atoms with Gasteiger partial charge >= 0.3 is 0 Å². The molecule has 2 fully saturated rings. The molecule has 16 heavy (non-hydrogen) atoms. The molecular weight excluding hydrogens is 196 g/mol. The molecule has 4 bridgehead atoms. The first-order valence-corrected chi connectivity index (χ1v) is 6.48. The zero-order chi connectivity index (χ0) is 11.7. The summed E-state index contributed by atoms with van der Waals surface area (Å²) in [6.07, 6.45) is 4.34. The van der Waals surface area contributed by atoms with E-state index in [0.29, 0.717) is 23.7 Å². The molecule has 3 rings (SSSR count). The van der Waals surface area contributed by atoms with Crippen molar-refractivity contribution in [1.29, 1.82) is 0 Å². The van der Waals surface area contributed by atoms with Crippen LogP contribution in [0.1, 0.15) is 33.6 Å². The predicted molar refractivity (Wildman–Crippen MR) is 65.9 cm³/mol. The summed E-state index contributed by atoms with van der Waals surface area (Å²) in [4.78, 5) is 0. The molecule has 0 unspecified atom stereocenters. The van der Waals surface area contributed by atoms with E-state index in [0.717, 1.165) is 12.8 Å². The predicted octanol–water partition coefficient (Wildman–Crippen LogP) is 3.16. The molecule has 1 heteroatoms. The van der Waals surface area contributed by atoms with Crippen LogP contribution in [0.5, 0.6) is 0 Å². The van der Waals surface area contributed by atoms with Crippen molar-refractivity contribution in [3.8, 4) is 0 Å². The highest BCUT2D eigenvalue weighted by Gasteiger charge is 2.59. The lowest BCUT2D eigenvalue weighted by atomic mass is 9.57. The maximum Gasteiger partial charge on any atom is 0.0600 e. The largest absolute Gasteiger partial charge is 0.393 e. The summed E-state index contributed by atoms with van der Waals surface area (Å²) in [5, 5.41) is 10.3. The minimum atomic E-state index is -0.147. The normalized spacial score (nSPS) is 49.1. The van der Waals surface area contributed by atoms with E-state index < -0.39 is 0 Å². The van der Waals surface area contributed by atoms with Crippen LogP contribution in [0.4, 0.5) is 0 Å². The minimum Gasteiger partial charge on any atom is -0.393 e. The average Bonchev–Trinajstić information content (AvgIpc) is 2.40. The summed E-state index contributed by atoms with van der Waals surface area (Å²) in [5.41, 5.74) is 3.03. The third-order valence-electron chi connectivity index (χ3n) is 5.62. The van der Waals surface area contributed by atoms with Crippen LogP contribution in [0.2, 0.25) is 0 Å². The Hall–Kier alpha value is -0.560. The molecule has 1 N–H and O–H groups in total. The van der Waals surface area contributed by atoms with Gasteiger partial charge in [-0.05, 0) is 48.9 Å². The van der Waals surface area contributed by atoms with E-state index in [1.165, 1.54) is 5.57 Å². The second kappa shape index (κ2) is 3.01.